The lowest BCUT2D eigenvalue weighted by molar-refractivity contribution is 0.439. The smallest absolute Gasteiger partial charge is 0.208 e. The third-order valence-corrected chi connectivity index (χ3v) is 1.81. The summed E-state index contributed by atoms with van der Waals surface area (Å²) < 4.78 is 5.48. The van der Waals surface area contributed by atoms with Crippen molar-refractivity contribution < 1.29 is 4.42 Å². The summed E-state index contributed by atoms with van der Waals surface area (Å²) in [7, 11) is 0. The van der Waals surface area contributed by atoms with Crippen molar-refractivity contribution in [3.63, 3.8) is 0 Å². The Kier molecular flexibility index (Phi) is 2.87. The van der Waals surface area contributed by atoms with Gasteiger partial charge in [-0.3, -0.25) is 0 Å². The van der Waals surface area contributed by atoms with Crippen molar-refractivity contribution in [1.29, 1.82) is 0 Å². The monoisotopic (exact) mass is 168 g/mol. The minimum absolute atomic E-state index is 0.389. The van der Waals surface area contributed by atoms with Gasteiger partial charge in [-0.1, -0.05) is 20.8 Å². The summed E-state index contributed by atoms with van der Waals surface area (Å²) in [5, 5.41) is 0. The van der Waals surface area contributed by atoms with Gasteiger partial charge < -0.3 is 10.2 Å². The number of nitrogens with two attached hydrogens (primary N) is 1. The Morgan fingerprint density at radius 3 is 2.50 bits per heavy atom. The maximum absolute atomic E-state index is 5.48. The van der Waals surface area contributed by atoms with Crippen LogP contribution in [-0.4, -0.2) is 4.98 Å². The first-order valence-electron chi connectivity index (χ1n) is 4.37. The molecule has 0 saturated carbocycles. The van der Waals surface area contributed by atoms with Gasteiger partial charge in [-0.2, -0.15) is 0 Å². The summed E-state index contributed by atoms with van der Waals surface area (Å²) in [6, 6.07) is 0. The zero-order valence-electron chi connectivity index (χ0n) is 7.92. The first kappa shape index (κ1) is 9.26. The average molecular weight is 168 g/mol. The highest BCUT2D eigenvalue weighted by atomic mass is 16.4. The zero-order chi connectivity index (χ0) is 9.14. The normalized spacial score (nSPS) is 11.1. The highest BCUT2D eigenvalue weighted by molar-refractivity contribution is 5.13. The molecule has 0 radical (unpaired) electrons. The molecule has 1 aromatic heterocycles. The van der Waals surface area contributed by atoms with Crippen LogP contribution >= 0.6 is 0 Å². The fourth-order valence-corrected chi connectivity index (χ4v) is 1.21. The summed E-state index contributed by atoms with van der Waals surface area (Å²) in [5.41, 5.74) is 6.48. The van der Waals surface area contributed by atoms with Crippen LogP contribution in [0.4, 0.5) is 0 Å². The second-order valence-corrected chi connectivity index (χ2v) is 3.13. The maximum atomic E-state index is 5.48. The number of rotatable bonds is 3. The van der Waals surface area contributed by atoms with Crippen molar-refractivity contribution in [2.24, 2.45) is 5.73 Å². The fourth-order valence-electron chi connectivity index (χ4n) is 1.21. The lowest BCUT2D eigenvalue weighted by atomic mass is 10.1. The highest BCUT2D eigenvalue weighted by Crippen LogP contribution is 2.20. The Morgan fingerprint density at radius 2 is 2.17 bits per heavy atom. The first-order chi connectivity index (χ1) is 5.69. The van der Waals surface area contributed by atoms with Gasteiger partial charge in [-0.25, -0.2) is 4.98 Å². The zero-order valence-corrected chi connectivity index (χ0v) is 7.92. The summed E-state index contributed by atoms with van der Waals surface area (Å²) in [6.07, 6.45) is 0.914. The van der Waals surface area contributed by atoms with Gasteiger partial charge in [0.15, 0.2) is 0 Å². The molecule has 0 amide bonds. The molecule has 1 heterocycles. The Bertz CT molecular complexity index is 253. The molecule has 0 aliphatic heterocycles. The van der Waals surface area contributed by atoms with Gasteiger partial charge in [0.1, 0.15) is 5.76 Å². The molecular weight excluding hydrogens is 152 g/mol. The van der Waals surface area contributed by atoms with Crippen molar-refractivity contribution in [1.82, 2.24) is 4.98 Å². The molecule has 0 aliphatic carbocycles. The molecule has 0 atom stereocenters. The van der Waals surface area contributed by atoms with Crippen molar-refractivity contribution >= 4 is 0 Å². The number of hydrogen-bond acceptors (Lipinski definition) is 3. The molecule has 12 heavy (non-hydrogen) atoms. The summed E-state index contributed by atoms with van der Waals surface area (Å²) >= 11 is 0. The van der Waals surface area contributed by atoms with Gasteiger partial charge in [0.25, 0.3) is 0 Å². The maximum Gasteiger partial charge on any atom is 0.208 e. The van der Waals surface area contributed by atoms with E-state index in [4.69, 9.17) is 10.2 Å². The number of nitrogens with zero attached hydrogens (tertiary/aromatic N) is 1. The van der Waals surface area contributed by atoms with Crippen LogP contribution < -0.4 is 5.73 Å². The fraction of sp³-hybridized carbons (Fsp3) is 0.667. The second-order valence-electron chi connectivity index (χ2n) is 3.13. The van der Waals surface area contributed by atoms with E-state index in [9.17, 15) is 0 Å². The second kappa shape index (κ2) is 3.72. The molecule has 0 fully saturated rings. The van der Waals surface area contributed by atoms with Crippen molar-refractivity contribution in [2.75, 3.05) is 0 Å². The van der Waals surface area contributed by atoms with Gasteiger partial charge in [0.05, 0.1) is 12.2 Å². The summed E-state index contributed by atoms with van der Waals surface area (Å²) in [5.74, 6) is 2.03. The van der Waals surface area contributed by atoms with Crippen LogP contribution in [-0.2, 0) is 13.0 Å². The van der Waals surface area contributed by atoms with E-state index in [1.54, 1.807) is 0 Å². The Hall–Kier alpha value is -0.830. The molecule has 68 valence electrons. The van der Waals surface area contributed by atoms with E-state index in [0.29, 0.717) is 18.4 Å². The third-order valence-electron chi connectivity index (χ3n) is 1.81. The van der Waals surface area contributed by atoms with E-state index in [2.05, 4.69) is 25.8 Å². The molecule has 1 rings (SSSR count). The summed E-state index contributed by atoms with van der Waals surface area (Å²) in [4.78, 5) is 4.28. The predicted octanol–water partition coefficient (Wildman–Crippen LogP) is 1.82. The third kappa shape index (κ3) is 1.67. The molecule has 0 aromatic carbocycles. The Morgan fingerprint density at radius 1 is 1.50 bits per heavy atom. The van der Waals surface area contributed by atoms with Crippen LogP contribution in [0.2, 0.25) is 0 Å². The molecule has 0 bridgehead atoms. The van der Waals surface area contributed by atoms with Crippen LogP contribution in [0.15, 0.2) is 4.42 Å². The van der Waals surface area contributed by atoms with Gasteiger partial charge in [0, 0.05) is 5.92 Å². The van der Waals surface area contributed by atoms with Crippen molar-refractivity contribution in [2.45, 2.75) is 39.7 Å². The first-order valence-corrected chi connectivity index (χ1v) is 4.37. The van der Waals surface area contributed by atoms with E-state index in [1.807, 2.05) is 0 Å². The molecule has 0 saturated heterocycles. The molecule has 1 aromatic rings. The van der Waals surface area contributed by atoms with E-state index in [1.165, 1.54) is 0 Å². The lowest BCUT2D eigenvalue weighted by Gasteiger charge is -2.00. The molecule has 3 heteroatoms. The topological polar surface area (TPSA) is 52.0 Å². The van der Waals surface area contributed by atoms with Crippen LogP contribution in [0.5, 0.6) is 0 Å². The van der Waals surface area contributed by atoms with E-state index >= 15 is 0 Å². The van der Waals surface area contributed by atoms with Crippen LogP contribution in [0.25, 0.3) is 0 Å². The van der Waals surface area contributed by atoms with Gasteiger partial charge in [-0.15, -0.1) is 0 Å². The van der Waals surface area contributed by atoms with Crippen LogP contribution in [0, 0.1) is 0 Å². The quantitative estimate of drug-likeness (QED) is 0.749. The van der Waals surface area contributed by atoms with E-state index < -0.39 is 0 Å². The van der Waals surface area contributed by atoms with E-state index in [0.717, 1.165) is 17.9 Å². The van der Waals surface area contributed by atoms with Gasteiger partial charge in [0.2, 0.25) is 5.89 Å². The lowest BCUT2D eigenvalue weighted by Crippen LogP contribution is -1.96. The SMILES string of the molecule is CCc1nc(CN)oc1C(C)C. The molecule has 0 spiro atoms. The Balaban J connectivity index is 3.00. The number of hydrogen-bond donors (Lipinski definition) is 1. The number of aromatic nitrogens is 1. The standard InChI is InChI=1S/C9H16N2O/c1-4-7-9(6(2)3)12-8(5-10)11-7/h6H,4-5,10H2,1-3H3. The largest absolute Gasteiger partial charge is 0.444 e. The molecule has 3 nitrogen and oxygen atoms in total. The average Bonchev–Trinajstić information content (AvgIpc) is 2.47. The minimum Gasteiger partial charge on any atom is -0.444 e. The molecule has 2 N–H and O–H groups in total. The Labute approximate surface area is 73.0 Å². The van der Waals surface area contributed by atoms with Crippen LogP contribution in [0.1, 0.15) is 44.0 Å². The van der Waals surface area contributed by atoms with Crippen LogP contribution in [0.3, 0.4) is 0 Å². The predicted molar refractivity (Wildman–Crippen MR) is 47.9 cm³/mol. The van der Waals surface area contributed by atoms with Gasteiger partial charge in [-0.05, 0) is 6.42 Å². The summed E-state index contributed by atoms with van der Waals surface area (Å²) in [6.45, 7) is 6.66. The molecule has 0 aliphatic rings. The molecule has 0 unspecified atom stereocenters. The molecular formula is C9H16N2O. The highest BCUT2D eigenvalue weighted by Gasteiger charge is 2.13. The minimum atomic E-state index is 0.389. The number of oxazole rings is 1. The van der Waals surface area contributed by atoms with Crippen molar-refractivity contribution in [3.8, 4) is 0 Å². The van der Waals surface area contributed by atoms with Crippen molar-refractivity contribution in [3.05, 3.63) is 17.3 Å². The number of aryl methyl sites for hydroxylation is 1. The van der Waals surface area contributed by atoms with Gasteiger partial charge >= 0.3 is 0 Å². The van der Waals surface area contributed by atoms with E-state index in [-0.39, 0.29) is 0 Å².